The molecule has 1 heterocycles. The lowest BCUT2D eigenvalue weighted by molar-refractivity contribution is 0.0846. The van der Waals surface area contributed by atoms with Crippen LogP contribution in [-0.4, -0.2) is 37.3 Å². The van der Waals surface area contributed by atoms with Gasteiger partial charge in [0.25, 0.3) is 0 Å². The molecular formula is C16H29N3OS. The number of thiazole rings is 1. The van der Waals surface area contributed by atoms with E-state index < -0.39 is 0 Å². The van der Waals surface area contributed by atoms with Crippen LogP contribution in [0.5, 0.6) is 0 Å². The van der Waals surface area contributed by atoms with Crippen LogP contribution >= 0.6 is 11.3 Å². The summed E-state index contributed by atoms with van der Waals surface area (Å²) < 4.78 is 5.63. The molecule has 4 nitrogen and oxygen atoms in total. The number of rotatable bonds is 9. The minimum Gasteiger partial charge on any atom is -0.377 e. The van der Waals surface area contributed by atoms with E-state index in [-0.39, 0.29) is 0 Å². The number of anilines is 1. The van der Waals surface area contributed by atoms with Crippen molar-refractivity contribution in [2.75, 3.05) is 25.1 Å². The average Bonchev–Trinajstić information content (AvgIpc) is 3.15. The van der Waals surface area contributed by atoms with Gasteiger partial charge in [0.2, 0.25) is 0 Å². The van der Waals surface area contributed by atoms with Crippen molar-refractivity contribution in [1.82, 2.24) is 10.3 Å². The molecule has 0 bridgehead atoms. The van der Waals surface area contributed by atoms with Crippen molar-refractivity contribution in [1.29, 1.82) is 0 Å². The van der Waals surface area contributed by atoms with E-state index in [4.69, 9.17) is 9.72 Å². The number of hydrogen-bond acceptors (Lipinski definition) is 5. The molecule has 1 aromatic rings. The maximum absolute atomic E-state index is 5.63. The topological polar surface area (TPSA) is 37.4 Å². The third-order valence-electron chi connectivity index (χ3n) is 3.56. The lowest BCUT2D eigenvalue weighted by Gasteiger charge is -2.16. The minimum atomic E-state index is 0.294. The Morgan fingerprint density at radius 1 is 1.33 bits per heavy atom. The van der Waals surface area contributed by atoms with E-state index in [2.05, 4.69) is 45.0 Å². The first-order valence-corrected chi connectivity index (χ1v) is 8.84. The van der Waals surface area contributed by atoms with Crippen molar-refractivity contribution in [3.05, 3.63) is 10.6 Å². The van der Waals surface area contributed by atoms with Gasteiger partial charge in [0.15, 0.2) is 5.13 Å². The van der Waals surface area contributed by atoms with Gasteiger partial charge in [0.1, 0.15) is 0 Å². The average molecular weight is 311 g/mol. The summed E-state index contributed by atoms with van der Waals surface area (Å²) in [5, 5.41) is 4.65. The monoisotopic (exact) mass is 311 g/mol. The first-order valence-electron chi connectivity index (χ1n) is 8.03. The number of aromatic nitrogens is 1. The highest BCUT2D eigenvalue weighted by atomic mass is 32.1. The Bertz CT molecular complexity index is 441. The third kappa shape index (κ3) is 5.24. The van der Waals surface area contributed by atoms with Crippen LogP contribution in [0.3, 0.4) is 0 Å². The van der Waals surface area contributed by atoms with E-state index >= 15 is 0 Å². The molecule has 0 aliphatic heterocycles. The van der Waals surface area contributed by atoms with E-state index in [0.29, 0.717) is 18.1 Å². The van der Waals surface area contributed by atoms with Gasteiger partial charge >= 0.3 is 0 Å². The van der Waals surface area contributed by atoms with E-state index in [0.717, 1.165) is 24.8 Å². The molecule has 0 atom stereocenters. The smallest absolute Gasteiger partial charge is 0.185 e. The molecule has 0 saturated heterocycles. The molecule has 2 rings (SSSR count). The fourth-order valence-electron chi connectivity index (χ4n) is 2.13. The zero-order valence-electron chi connectivity index (χ0n) is 14.0. The predicted octanol–water partition coefficient (Wildman–Crippen LogP) is 3.38. The number of likely N-dealkylation sites (N-methyl/N-ethyl adjacent to an activating group) is 1. The number of hydrogen-bond donors (Lipinski definition) is 1. The molecule has 1 aromatic heterocycles. The molecule has 0 radical (unpaired) electrons. The van der Waals surface area contributed by atoms with Crippen molar-refractivity contribution in [2.45, 2.75) is 65.1 Å². The summed E-state index contributed by atoms with van der Waals surface area (Å²) in [5.41, 5.74) is 1.33. The maximum atomic E-state index is 5.63. The van der Waals surface area contributed by atoms with Crippen LogP contribution in [0.15, 0.2) is 0 Å². The van der Waals surface area contributed by atoms with Crippen molar-refractivity contribution in [3.63, 3.8) is 0 Å². The van der Waals surface area contributed by atoms with Crippen LogP contribution in [-0.2, 0) is 11.3 Å². The molecule has 0 amide bonds. The Morgan fingerprint density at radius 3 is 2.62 bits per heavy atom. The summed E-state index contributed by atoms with van der Waals surface area (Å²) in [5.74, 6) is 0.708. The Morgan fingerprint density at radius 2 is 2.05 bits per heavy atom. The van der Waals surface area contributed by atoms with Gasteiger partial charge in [-0.2, -0.15) is 0 Å². The van der Waals surface area contributed by atoms with Gasteiger partial charge in [-0.25, -0.2) is 4.98 Å². The summed E-state index contributed by atoms with van der Waals surface area (Å²) in [6.45, 7) is 11.1. The van der Waals surface area contributed by atoms with Gasteiger partial charge in [-0.15, -0.1) is 11.3 Å². The second-order valence-electron chi connectivity index (χ2n) is 6.46. The van der Waals surface area contributed by atoms with Crippen LogP contribution in [0.25, 0.3) is 0 Å². The van der Waals surface area contributed by atoms with Crippen molar-refractivity contribution in [2.24, 2.45) is 0 Å². The Labute approximate surface area is 132 Å². The molecular weight excluding hydrogens is 282 g/mol. The zero-order valence-corrected chi connectivity index (χ0v) is 14.8. The highest BCUT2D eigenvalue weighted by Crippen LogP contribution is 2.44. The van der Waals surface area contributed by atoms with Gasteiger partial charge in [0, 0.05) is 37.0 Å². The first kappa shape index (κ1) is 16.7. The van der Waals surface area contributed by atoms with Crippen molar-refractivity contribution in [3.8, 4) is 0 Å². The van der Waals surface area contributed by atoms with E-state index in [9.17, 15) is 0 Å². The molecule has 1 saturated carbocycles. The Hall–Kier alpha value is -0.650. The lowest BCUT2D eigenvalue weighted by Crippen LogP contribution is -2.23. The Kier molecular flexibility index (Phi) is 6.02. The summed E-state index contributed by atoms with van der Waals surface area (Å²) in [7, 11) is 2.11. The molecule has 120 valence electrons. The van der Waals surface area contributed by atoms with Gasteiger partial charge < -0.3 is 15.0 Å². The molecule has 21 heavy (non-hydrogen) atoms. The molecule has 0 aromatic carbocycles. The second kappa shape index (κ2) is 7.56. The standard InChI is InChI=1S/C16H29N3OS/c1-11(2)17-10-14-15(13-6-7-13)18-16(21-14)19(5)8-9-20-12(3)4/h11-13,17H,6-10H2,1-5H3. The first-order chi connectivity index (χ1) is 9.97. The predicted molar refractivity (Wildman–Crippen MR) is 90.4 cm³/mol. The van der Waals surface area contributed by atoms with E-state index in [1.165, 1.54) is 23.4 Å². The van der Waals surface area contributed by atoms with Crippen LogP contribution in [0.4, 0.5) is 5.13 Å². The Balaban J connectivity index is 1.97. The largest absolute Gasteiger partial charge is 0.377 e. The molecule has 0 unspecified atom stereocenters. The van der Waals surface area contributed by atoms with Gasteiger partial charge in [-0.05, 0) is 26.7 Å². The molecule has 1 aliphatic carbocycles. The second-order valence-corrected chi connectivity index (χ2v) is 7.52. The highest BCUT2D eigenvalue weighted by Gasteiger charge is 2.30. The molecule has 1 fully saturated rings. The normalized spacial score (nSPS) is 15.2. The van der Waals surface area contributed by atoms with Crippen molar-refractivity contribution < 1.29 is 4.74 Å². The number of nitrogens with zero attached hydrogens (tertiary/aromatic N) is 2. The highest BCUT2D eigenvalue weighted by molar-refractivity contribution is 7.15. The summed E-state index contributed by atoms with van der Waals surface area (Å²) in [6.07, 6.45) is 2.90. The minimum absolute atomic E-state index is 0.294. The van der Waals surface area contributed by atoms with E-state index in [1.54, 1.807) is 0 Å². The zero-order chi connectivity index (χ0) is 15.4. The van der Waals surface area contributed by atoms with E-state index in [1.807, 2.05) is 11.3 Å². The molecule has 5 heteroatoms. The lowest BCUT2D eigenvalue weighted by atomic mass is 10.2. The quantitative estimate of drug-likeness (QED) is 0.758. The third-order valence-corrected chi connectivity index (χ3v) is 4.74. The molecule has 0 spiro atoms. The van der Waals surface area contributed by atoms with Gasteiger partial charge in [-0.3, -0.25) is 0 Å². The van der Waals surface area contributed by atoms with Crippen LogP contribution < -0.4 is 10.2 Å². The fourth-order valence-corrected chi connectivity index (χ4v) is 3.22. The van der Waals surface area contributed by atoms with Gasteiger partial charge in [-0.1, -0.05) is 13.8 Å². The number of nitrogens with one attached hydrogen (secondary N) is 1. The summed E-state index contributed by atoms with van der Waals surface area (Å²) in [6, 6.07) is 0.514. The number of ether oxygens (including phenoxy) is 1. The fraction of sp³-hybridized carbons (Fsp3) is 0.812. The SMILES string of the molecule is CC(C)NCc1sc(N(C)CCOC(C)C)nc1C1CC1. The summed E-state index contributed by atoms with van der Waals surface area (Å²) in [4.78, 5) is 8.53. The van der Waals surface area contributed by atoms with Crippen molar-refractivity contribution >= 4 is 16.5 Å². The molecule has 1 N–H and O–H groups in total. The van der Waals surface area contributed by atoms with Gasteiger partial charge in [0.05, 0.1) is 18.4 Å². The maximum Gasteiger partial charge on any atom is 0.185 e. The van der Waals surface area contributed by atoms with Crippen LogP contribution in [0.1, 0.15) is 57.0 Å². The summed E-state index contributed by atoms with van der Waals surface area (Å²) >= 11 is 1.83. The van der Waals surface area contributed by atoms with Crippen LogP contribution in [0, 0.1) is 0 Å². The molecule has 1 aliphatic rings. The van der Waals surface area contributed by atoms with Crippen LogP contribution in [0.2, 0.25) is 0 Å².